The number of nitrogens with one attached hydrogen (secondary N) is 1. The van der Waals surface area contributed by atoms with Gasteiger partial charge in [0.15, 0.2) is 0 Å². The summed E-state index contributed by atoms with van der Waals surface area (Å²) < 4.78 is 0. The third kappa shape index (κ3) is 3.57. The topological polar surface area (TPSA) is 18.5 Å². The van der Waals surface area contributed by atoms with Gasteiger partial charge < -0.3 is 4.90 Å². The number of likely N-dealkylation sites (N-methyl/N-ethyl adjacent to an activating group) is 1. The van der Waals surface area contributed by atoms with Gasteiger partial charge in [-0.05, 0) is 24.9 Å². The van der Waals surface area contributed by atoms with Crippen molar-refractivity contribution in [2.75, 3.05) is 39.8 Å². The van der Waals surface area contributed by atoms with Gasteiger partial charge in [-0.2, -0.15) is 0 Å². The van der Waals surface area contributed by atoms with E-state index in [1.54, 1.807) is 0 Å². The SMILES string of the molecule is CN1CCN(NCCc2cccs2)CC1. The summed E-state index contributed by atoms with van der Waals surface area (Å²) in [6, 6.07) is 4.33. The Morgan fingerprint density at radius 3 is 2.80 bits per heavy atom. The van der Waals surface area contributed by atoms with Gasteiger partial charge in [-0.25, -0.2) is 5.01 Å². The molecule has 3 nitrogen and oxygen atoms in total. The highest BCUT2D eigenvalue weighted by Gasteiger charge is 2.12. The van der Waals surface area contributed by atoms with Crippen LogP contribution in [-0.2, 0) is 6.42 Å². The molecular weight excluding hydrogens is 206 g/mol. The molecule has 2 rings (SSSR count). The molecule has 2 heterocycles. The highest BCUT2D eigenvalue weighted by atomic mass is 32.1. The molecule has 0 atom stereocenters. The molecule has 0 unspecified atom stereocenters. The van der Waals surface area contributed by atoms with Crippen LogP contribution in [0.3, 0.4) is 0 Å². The molecular formula is C11H19N3S. The van der Waals surface area contributed by atoms with Gasteiger partial charge in [0, 0.05) is 37.6 Å². The maximum absolute atomic E-state index is 3.49. The number of hydrazine groups is 1. The lowest BCUT2D eigenvalue weighted by Gasteiger charge is -2.32. The maximum atomic E-state index is 3.49. The van der Waals surface area contributed by atoms with Crippen molar-refractivity contribution in [3.05, 3.63) is 22.4 Å². The quantitative estimate of drug-likeness (QED) is 0.826. The number of rotatable bonds is 4. The molecule has 15 heavy (non-hydrogen) atoms. The normalized spacial score (nSPS) is 19.5. The summed E-state index contributed by atoms with van der Waals surface area (Å²) in [4.78, 5) is 3.84. The number of thiophene rings is 1. The molecule has 0 radical (unpaired) electrons. The van der Waals surface area contributed by atoms with Gasteiger partial charge >= 0.3 is 0 Å². The second-order valence-corrected chi connectivity index (χ2v) is 5.06. The fourth-order valence-electron chi connectivity index (χ4n) is 1.76. The Labute approximate surface area is 95.7 Å². The Morgan fingerprint density at radius 2 is 2.13 bits per heavy atom. The van der Waals surface area contributed by atoms with E-state index in [-0.39, 0.29) is 0 Å². The van der Waals surface area contributed by atoms with E-state index in [9.17, 15) is 0 Å². The van der Waals surface area contributed by atoms with Crippen LogP contribution in [0.4, 0.5) is 0 Å². The predicted octanol–water partition coefficient (Wildman–Crippen LogP) is 1.04. The zero-order chi connectivity index (χ0) is 10.5. The van der Waals surface area contributed by atoms with Crippen molar-refractivity contribution in [1.82, 2.24) is 15.3 Å². The molecule has 1 aliphatic rings. The fraction of sp³-hybridized carbons (Fsp3) is 0.636. The van der Waals surface area contributed by atoms with E-state index in [2.05, 4.69) is 39.9 Å². The largest absolute Gasteiger partial charge is 0.304 e. The van der Waals surface area contributed by atoms with E-state index in [1.165, 1.54) is 18.0 Å². The average Bonchev–Trinajstić information content (AvgIpc) is 2.74. The molecule has 1 N–H and O–H groups in total. The number of nitrogens with zero attached hydrogens (tertiary/aromatic N) is 2. The lowest BCUT2D eigenvalue weighted by molar-refractivity contribution is 0.105. The van der Waals surface area contributed by atoms with Crippen molar-refractivity contribution in [2.24, 2.45) is 0 Å². The van der Waals surface area contributed by atoms with E-state index in [1.807, 2.05) is 11.3 Å². The van der Waals surface area contributed by atoms with Crippen LogP contribution in [-0.4, -0.2) is 49.7 Å². The lowest BCUT2D eigenvalue weighted by Crippen LogP contribution is -2.51. The van der Waals surface area contributed by atoms with Gasteiger partial charge in [0.05, 0.1) is 0 Å². The van der Waals surface area contributed by atoms with Crippen molar-refractivity contribution in [1.29, 1.82) is 0 Å². The highest BCUT2D eigenvalue weighted by Crippen LogP contribution is 2.08. The number of piperazine rings is 1. The Balaban J connectivity index is 1.62. The molecule has 84 valence electrons. The molecule has 1 aliphatic heterocycles. The van der Waals surface area contributed by atoms with Crippen molar-refractivity contribution >= 4 is 11.3 Å². The van der Waals surface area contributed by atoms with Crippen molar-refractivity contribution in [2.45, 2.75) is 6.42 Å². The Morgan fingerprint density at radius 1 is 1.33 bits per heavy atom. The van der Waals surface area contributed by atoms with Crippen LogP contribution in [0.2, 0.25) is 0 Å². The van der Waals surface area contributed by atoms with Gasteiger partial charge in [0.25, 0.3) is 0 Å². The van der Waals surface area contributed by atoms with Crippen molar-refractivity contribution in [3.8, 4) is 0 Å². The molecule has 0 bridgehead atoms. The summed E-state index contributed by atoms with van der Waals surface area (Å²) in [6.07, 6.45) is 1.14. The van der Waals surface area contributed by atoms with Crippen LogP contribution >= 0.6 is 11.3 Å². The van der Waals surface area contributed by atoms with Crippen LogP contribution in [0, 0.1) is 0 Å². The second kappa shape index (κ2) is 5.61. The Kier molecular flexibility index (Phi) is 4.14. The number of hydrogen-bond acceptors (Lipinski definition) is 4. The van der Waals surface area contributed by atoms with E-state index in [0.29, 0.717) is 0 Å². The van der Waals surface area contributed by atoms with Gasteiger partial charge in [0.1, 0.15) is 0 Å². The molecule has 0 aromatic carbocycles. The monoisotopic (exact) mass is 225 g/mol. The lowest BCUT2D eigenvalue weighted by atomic mass is 10.3. The highest BCUT2D eigenvalue weighted by molar-refractivity contribution is 7.09. The minimum absolute atomic E-state index is 1.06. The van der Waals surface area contributed by atoms with Gasteiger partial charge in [-0.1, -0.05) is 6.07 Å². The summed E-state index contributed by atoms with van der Waals surface area (Å²) in [5, 5.41) is 4.48. The minimum atomic E-state index is 1.06. The van der Waals surface area contributed by atoms with E-state index >= 15 is 0 Å². The molecule has 0 aliphatic carbocycles. The number of hydrogen-bond donors (Lipinski definition) is 1. The second-order valence-electron chi connectivity index (χ2n) is 4.03. The first-order chi connectivity index (χ1) is 7.34. The standard InChI is InChI=1S/C11H19N3S/c1-13-6-8-14(9-7-13)12-5-4-11-3-2-10-15-11/h2-3,10,12H,4-9H2,1H3. The minimum Gasteiger partial charge on any atom is -0.304 e. The molecule has 0 spiro atoms. The molecule has 0 amide bonds. The van der Waals surface area contributed by atoms with Crippen LogP contribution in [0.15, 0.2) is 17.5 Å². The average molecular weight is 225 g/mol. The maximum Gasteiger partial charge on any atom is 0.0259 e. The van der Waals surface area contributed by atoms with E-state index < -0.39 is 0 Å². The molecule has 1 aromatic heterocycles. The van der Waals surface area contributed by atoms with Gasteiger partial charge in [-0.15, -0.1) is 11.3 Å². The Hall–Kier alpha value is -0.420. The molecule has 4 heteroatoms. The summed E-state index contributed by atoms with van der Waals surface area (Å²) in [5.41, 5.74) is 3.49. The van der Waals surface area contributed by atoms with Crippen molar-refractivity contribution in [3.63, 3.8) is 0 Å². The third-order valence-corrected chi connectivity index (χ3v) is 3.73. The smallest absolute Gasteiger partial charge is 0.0259 e. The zero-order valence-electron chi connectivity index (χ0n) is 9.28. The third-order valence-electron chi connectivity index (χ3n) is 2.79. The van der Waals surface area contributed by atoms with E-state index in [4.69, 9.17) is 0 Å². The van der Waals surface area contributed by atoms with Gasteiger partial charge in [0.2, 0.25) is 0 Å². The van der Waals surface area contributed by atoms with Crippen LogP contribution in [0.1, 0.15) is 4.88 Å². The molecule has 1 aromatic rings. The van der Waals surface area contributed by atoms with Gasteiger partial charge in [-0.3, -0.25) is 5.43 Å². The summed E-state index contributed by atoms with van der Waals surface area (Å²) >= 11 is 1.84. The first-order valence-corrected chi connectivity index (χ1v) is 6.42. The fourth-order valence-corrected chi connectivity index (χ4v) is 2.47. The summed E-state index contributed by atoms with van der Waals surface area (Å²) in [5.74, 6) is 0. The predicted molar refractivity (Wildman–Crippen MR) is 65.1 cm³/mol. The van der Waals surface area contributed by atoms with Crippen LogP contribution in [0.25, 0.3) is 0 Å². The Bertz CT molecular complexity index is 265. The summed E-state index contributed by atoms with van der Waals surface area (Å²) in [7, 11) is 2.18. The molecule has 1 saturated heterocycles. The first-order valence-electron chi connectivity index (χ1n) is 5.54. The van der Waals surface area contributed by atoms with E-state index in [0.717, 1.165) is 26.1 Å². The van der Waals surface area contributed by atoms with Crippen molar-refractivity contribution < 1.29 is 0 Å². The zero-order valence-corrected chi connectivity index (χ0v) is 10.1. The van der Waals surface area contributed by atoms with Crippen LogP contribution in [0.5, 0.6) is 0 Å². The molecule has 0 saturated carbocycles. The molecule has 1 fully saturated rings. The summed E-state index contributed by atoms with van der Waals surface area (Å²) in [6.45, 7) is 5.68. The van der Waals surface area contributed by atoms with Crippen LogP contribution < -0.4 is 5.43 Å². The first kappa shape index (κ1) is 11.1.